The molecule has 8 heteroatoms. The van der Waals surface area contributed by atoms with Crippen LogP contribution in [0.4, 0.5) is 5.69 Å². The first kappa shape index (κ1) is 20.5. The van der Waals surface area contributed by atoms with Crippen LogP contribution in [0.2, 0.25) is 10.0 Å². The number of amides is 1. The van der Waals surface area contributed by atoms with Crippen molar-refractivity contribution in [1.82, 2.24) is 4.72 Å². The summed E-state index contributed by atoms with van der Waals surface area (Å²) in [5.74, 6) is -0.247. The summed E-state index contributed by atoms with van der Waals surface area (Å²) in [4.78, 5) is 12.4. The van der Waals surface area contributed by atoms with E-state index in [1.165, 1.54) is 0 Å². The zero-order valence-corrected chi connectivity index (χ0v) is 16.9. The summed E-state index contributed by atoms with van der Waals surface area (Å²) < 4.78 is 26.4. The zero-order chi connectivity index (χ0) is 18.8. The third-order valence-electron chi connectivity index (χ3n) is 4.41. The Bertz CT molecular complexity index is 737. The predicted molar refractivity (Wildman–Crippen MR) is 103 cm³/mol. The van der Waals surface area contributed by atoms with E-state index in [2.05, 4.69) is 10.0 Å². The number of rotatable bonds is 4. The molecule has 1 aromatic rings. The normalized spacial score (nSPS) is 21.8. The molecular formula is C17H24Cl2N2O3S. The highest BCUT2D eigenvalue weighted by atomic mass is 35.5. The molecule has 0 radical (unpaired) electrons. The van der Waals surface area contributed by atoms with Gasteiger partial charge in [0.2, 0.25) is 15.9 Å². The summed E-state index contributed by atoms with van der Waals surface area (Å²) in [6.07, 6.45) is 2.55. The van der Waals surface area contributed by atoms with Gasteiger partial charge >= 0.3 is 0 Å². The highest BCUT2D eigenvalue weighted by Gasteiger charge is 2.34. The van der Waals surface area contributed by atoms with Gasteiger partial charge in [-0.25, -0.2) is 13.1 Å². The van der Waals surface area contributed by atoms with E-state index in [1.54, 1.807) is 39.0 Å². The lowest BCUT2D eigenvalue weighted by molar-refractivity contribution is -0.120. The molecular weight excluding hydrogens is 383 g/mol. The fraction of sp³-hybridized carbons (Fsp3) is 0.588. The minimum Gasteiger partial charge on any atom is -0.325 e. The molecule has 0 saturated heterocycles. The Balaban J connectivity index is 1.90. The number of hydrogen-bond donors (Lipinski definition) is 2. The molecule has 0 spiro atoms. The topological polar surface area (TPSA) is 75.3 Å². The second kappa shape index (κ2) is 7.82. The van der Waals surface area contributed by atoms with Crippen LogP contribution < -0.4 is 10.0 Å². The molecule has 0 aliphatic heterocycles. The highest BCUT2D eigenvalue weighted by molar-refractivity contribution is 7.90. The number of halogens is 2. The molecule has 0 unspecified atom stereocenters. The van der Waals surface area contributed by atoms with E-state index >= 15 is 0 Å². The fourth-order valence-corrected chi connectivity index (χ4v) is 4.18. The smallest absolute Gasteiger partial charge is 0.227 e. The third-order valence-corrected chi connectivity index (χ3v) is 7.22. The van der Waals surface area contributed by atoms with Gasteiger partial charge in [-0.3, -0.25) is 4.79 Å². The van der Waals surface area contributed by atoms with Crippen LogP contribution >= 0.6 is 23.2 Å². The molecule has 2 N–H and O–H groups in total. The van der Waals surface area contributed by atoms with Crippen LogP contribution in [-0.2, 0) is 14.8 Å². The lowest BCUT2D eigenvalue weighted by Gasteiger charge is -2.30. The molecule has 0 aromatic heterocycles. The molecule has 1 aliphatic carbocycles. The van der Waals surface area contributed by atoms with Gasteiger partial charge in [0, 0.05) is 17.0 Å². The summed E-state index contributed by atoms with van der Waals surface area (Å²) in [5.41, 5.74) is 0.534. The Morgan fingerprint density at radius 1 is 1.12 bits per heavy atom. The number of anilines is 1. The second-order valence-corrected chi connectivity index (χ2v) is 10.7. The van der Waals surface area contributed by atoms with E-state index in [0.29, 0.717) is 41.4 Å². The van der Waals surface area contributed by atoms with Crippen molar-refractivity contribution in [3.8, 4) is 0 Å². The zero-order valence-electron chi connectivity index (χ0n) is 14.6. The molecule has 5 nitrogen and oxygen atoms in total. The second-order valence-electron chi connectivity index (χ2n) is 7.40. The van der Waals surface area contributed by atoms with Gasteiger partial charge in [0.15, 0.2) is 0 Å². The van der Waals surface area contributed by atoms with Crippen molar-refractivity contribution in [2.24, 2.45) is 5.92 Å². The van der Waals surface area contributed by atoms with Gasteiger partial charge in [-0.1, -0.05) is 23.2 Å². The molecule has 2 rings (SSSR count). The largest absolute Gasteiger partial charge is 0.325 e. The molecule has 0 bridgehead atoms. The van der Waals surface area contributed by atoms with Gasteiger partial charge in [0.25, 0.3) is 0 Å². The Morgan fingerprint density at radius 3 is 2.24 bits per heavy atom. The van der Waals surface area contributed by atoms with E-state index in [-0.39, 0.29) is 17.9 Å². The Labute approximate surface area is 159 Å². The summed E-state index contributed by atoms with van der Waals surface area (Å²) in [5, 5.41) is 3.73. The number of hydrogen-bond acceptors (Lipinski definition) is 3. The van der Waals surface area contributed by atoms with Crippen LogP contribution in [0.3, 0.4) is 0 Å². The van der Waals surface area contributed by atoms with Crippen molar-refractivity contribution in [3.05, 3.63) is 28.2 Å². The van der Waals surface area contributed by atoms with Crippen molar-refractivity contribution in [1.29, 1.82) is 0 Å². The molecule has 1 amide bonds. The Hall–Kier alpha value is -0.820. The number of carbonyl (C=O) groups is 1. The SMILES string of the molecule is CC(C)(C)S(=O)(=O)N[C@H]1CC[C@H](C(=O)Nc2ccc(Cl)cc2Cl)CC1. The van der Waals surface area contributed by atoms with Gasteiger partial charge in [0.1, 0.15) is 0 Å². The molecule has 0 heterocycles. The van der Waals surface area contributed by atoms with E-state index < -0.39 is 14.8 Å². The first-order valence-electron chi connectivity index (χ1n) is 8.27. The molecule has 0 atom stereocenters. The summed E-state index contributed by atoms with van der Waals surface area (Å²) in [7, 11) is -3.37. The highest BCUT2D eigenvalue weighted by Crippen LogP contribution is 2.30. The van der Waals surface area contributed by atoms with Gasteiger partial charge in [0.05, 0.1) is 15.5 Å². The first-order valence-corrected chi connectivity index (χ1v) is 10.5. The average molecular weight is 407 g/mol. The van der Waals surface area contributed by atoms with Crippen LogP contribution in [0.25, 0.3) is 0 Å². The van der Waals surface area contributed by atoms with Crippen molar-refractivity contribution < 1.29 is 13.2 Å². The van der Waals surface area contributed by atoms with Gasteiger partial charge < -0.3 is 5.32 Å². The number of carbonyl (C=O) groups excluding carboxylic acids is 1. The van der Waals surface area contributed by atoms with Gasteiger partial charge in [-0.15, -0.1) is 0 Å². The van der Waals surface area contributed by atoms with Crippen molar-refractivity contribution in [3.63, 3.8) is 0 Å². The molecule has 1 aromatic carbocycles. The Kier molecular flexibility index (Phi) is 6.41. The van der Waals surface area contributed by atoms with E-state index in [9.17, 15) is 13.2 Å². The van der Waals surface area contributed by atoms with Crippen LogP contribution in [0, 0.1) is 5.92 Å². The third kappa shape index (κ3) is 5.33. The van der Waals surface area contributed by atoms with E-state index in [0.717, 1.165) is 0 Å². The quantitative estimate of drug-likeness (QED) is 0.785. The number of nitrogens with one attached hydrogen (secondary N) is 2. The minimum atomic E-state index is -3.37. The maximum atomic E-state index is 12.4. The maximum Gasteiger partial charge on any atom is 0.227 e. The molecule has 1 saturated carbocycles. The standard InChI is InChI=1S/C17H24Cl2N2O3S/c1-17(2,3)25(23,24)21-13-7-4-11(5-8-13)16(22)20-15-9-6-12(18)10-14(15)19/h6,9-11,13,21H,4-5,7-8H2,1-3H3,(H,20,22)/t11-,13-. The average Bonchev–Trinajstić information content (AvgIpc) is 2.49. The van der Waals surface area contributed by atoms with Crippen LogP contribution in [-0.4, -0.2) is 25.1 Å². The lowest BCUT2D eigenvalue weighted by Crippen LogP contribution is -2.46. The van der Waals surface area contributed by atoms with Gasteiger partial charge in [-0.2, -0.15) is 0 Å². The fourth-order valence-electron chi connectivity index (χ4n) is 2.70. The molecule has 25 heavy (non-hydrogen) atoms. The molecule has 140 valence electrons. The predicted octanol–water partition coefficient (Wildman–Crippen LogP) is 4.21. The van der Waals surface area contributed by atoms with Crippen molar-refractivity contribution in [2.45, 2.75) is 57.2 Å². The lowest BCUT2D eigenvalue weighted by atomic mass is 9.86. The molecule has 1 aliphatic rings. The summed E-state index contributed by atoms with van der Waals surface area (Å²) in [6, 6.07) is 4.80. The maximum absolute atomic E-state index is 12.4. The number of sulfonamides is 1. The number of benzene rings is 1. The minimum absolute atomic E-state index is 0.0960. The first-order chi connectivity index (χ1) is 11.5. The van der Waals surface area contributed by atoms with Crippen LogP contribution in [0.1, 0.15) is 46.5 Å². The Morgan fingerprint density at radius 2 is 1.72 bits per heavy atom. The molecule has 1 fully saturated rings. The van der Waals surface area contributed by atoms with Crippen LogP contribution in [0.5, 0.6) is 0 Å². The van der Waals surface area contributed by atoms with Crippen LogP contribution in [0.15, 0.2) is 18.2 Å². The van der Waals surface area contributed by atoms with Crippen molar-refractivity contribution >= 4 is 44.8 Å². The van der Waals surface area contributed by atoms with E-state index in [1.807, 2.05) is 0 Å². The monoisotopic (exact) mass is 406 g/mol. The van der Waals surface area contributed by atoms with Gasteiger partial charge in [-0.05, 0) is 64.7 Å². The van der Waals surface area contributed by atoms with Crippen molar-refractivity contribution in [2.75, 3.05) is 5.32 Å². The van der Waals surface area contributed by atoms with E-state index in [4.69, 9.17) is 23.2 Å². The summed E-state index contributed by atoms with van der Waals surface area (Å²) in [6.45, 7) is 5.01. The summed E-state index contributed by atoms with van der Waals surface area (Å²) >= 11 is 11.9.